The quantitative estimate of drug-likeness (QED) is 0.595. The molecule has 0 bridgehead atoms. The molecule has 5 heteroatoms. The van der Waals surface area contributed by atoms with Crippen LogP contribution in [-0.4, -0.2) is 16.1 Å². The van der Waals surface area contributed by atoms with Gasteiger partial charge < -0.3 is 16.2 Å². The number of hydrogen-bond donors (Lipinski definition) is 3. The lowest BCUT2D eigenvalue weighted by atomic mass is 10.0. The molecule has 4 N–H and O–H groups in total. The summed E-state index contributed by atoms with van der Waals surface area (Å²) in [6.07, 6.45) is 1.61. The summed E-state index contributed by atoms with van der Waals surface area (Å²) < 4.78 is 0. The first kappa shape index (κ1) is 14.8. The van der Waals surface area contributed by atoms with Crippen LogP contribution in [-0.2, 0) is 6.54 Å². The van der Waals surface area contributed by atoms with Crippen LogP contribution in [0.15, 0.2) is 47.6 Å². The van der Waals surface area contributed by atoms with Gasteiger partial charge in [0.25, 0.3) is 0 Å². The minimum Gasteiger partial charge on any atom is -0.506 e. The second-order valence-electron chi connectivity index (χ2n) is 5.08. The van der Waals surface area contributed by atoms with E-state index in [9.17, 15) is 5.11 Å². The van der Waals surface area contributed by atoms with E-state index in [1.54, 1.807) is 18.3 Å². The Bertz CT molecular complexity index is 638. The number of aromatic hydroxyl groups is 1. The van der Waals surface area contributed by atoms with Crippen molar-refractivity contribution in [3.63, 3.8) is 0 Å². The smallest absolute Gasteiger partial charge is 0.193 e. The number of nitrogens with zero attached hydrogens (tertiary/aromatic N) is 2. The minimum atomic E-state index is 0.121. The fourth-order valence-corrected chi connectivity index (χ4v) is 1.87. The highest BCUT2D eigenvalue weighted by molar-refractivity contribution is 5.92. The number of rotatable bonds is 4. The molecule has 110 valence electrons. The molecule has 2 rings (SSSR count). The van der Waals surface area contributed by atoms with Crippen molar-refractivity contribution in [1.82, 2.24) is 4.98 Å². The number of nitrogens with one attached hydrogen (secondary N) is 1. The van der Waals surface area contributed by atoms with Crippen LogP contribution >= 0.6 is 0 Å². The van der Waals surface area contributed by atoms with E-state index in [1.807, 2.05) is 18.2 Å². The van der Waals surface area contributed by atoms with Gasteiger partial charge in [0.1, 0.15) is 11.4 Å². The number of aliphatic imine (C=N–C) groups is 1. The monoisotopic (exact) mass is 284 g/mol. The van der Waals surface area contributed by atoms with E-state index >= 15 is 0 Å². The molecule has 1 aromatic heterocycles. The molecule has 0 spiro atoms. The van der Waals surface area contributed by atoms with Gasteiger partial charge in [0.2, 0.25) is 0 Å². The molecule has 0 fully saturated rings. The van der Waals surface area contributed by atoms with Gasteiger partial charge in [-0.15, -0.1) is 0 Å². The number of hydrogen-bond acceptors (Lipinski definition) is 3. The van der Waals surface area contributed by atoms with Crippen molar-refractivity contribution >= 4 is 11.6 Å². The van der Waals surface area contributed by atoms with Crippen molar-refractivity contribution in [2.75, 3.05) is 5.32 Å². The molecule has 0 radical (unpaired) electrons. The molecule has 5 nitrogen and oxygen atoms in total. The second kappa shape index (κ2) is 6.74. The molecule has 0 saturated carbocycles. The number of anilines is 1. The molecule has 0 saturated heterocycles. The largest absolute Gasteiger partial charge is 0.506 e. The summed E-state index contributed by atoms with van der Waals surface area (Å²) in [5, 5.41) is 12.7. The van der Waals surface area contributed by atoms with E-state index in [0.717, 1.165) is 5.69 Å². The lowest BCUT2D eigenvalue weighted by Gasteiger charge is -2.10. The lowest BCUT2D eigenvalue weighted by molar-refractivity contribution is 0.464. The van der Waals surface area contributed by atoms with Gasteiger partial charge in [-0.1, -0.05) is 26.0 Å². The maximum absolute atomic E-state index is 9.62. The summed E-state index contributed by atoms with van der Waals surface area (Å²) >= 11 is 0. The van der Waals surface area contributed by atoms with E-state index in [4.69, 9.17) is 5.73 Å². The molecule has 0 aliphatic rings. The van der Waals surface area contributed by atoms with Gasteiger partial charge in [0.15, 0.2) is 5.96 Å². The van der Waals surface area contributed by atoms with Gasteiger partial charge >= 0.3 is 0 Å². The average Bonchev–Trinajstić information content (AvgIpc) is 2.46. The Balaban J connectivity index is 2.04. The van der Waals surface area contributed by atoms with Gasteiger partial charge in [-0.25, -0.2) is 4.99 Å². The predicted octanol–water partition coefficient (Wildman–Crippen LogP) is 2.84. The summed E-state index contributed by atoms with van der Waals surface area (Å²) in [4.78, 5) is 8.24. The van der Waals surface area contributed by atoms with Crippen LogP contribution < -0.4 is 11.1 Å². The molecule has 0 unspecified atom stereocenters. The van der Waals surface area contributed by atoms with Crippen molar-refractivity contribution in [3.05, 3.63) is 53.9 Å². The zero-order valence-electron chi connectivity index (χ0n) is 12.2. The third-order valence-electron chi connectivity index (χ3n) is 3.09. The van der Waals surface area contributed by atoms with Gasteiger partial charge in [-0.2, -0.15) is 0 Å². The summed E-state index contributed by atoms with van der Waals surface area (Å²) in [5.41, 5.74) is 8.49. The average molecular weight is 284 g/mol. The van der Waals surface area contributed by atoms with Gasteiger partial charge in [-0.3, -0.25) is 4.98 Å². The van der Waals surface area contributed by atoms with Crippen LogP contribution in [0.5, 0.6) is 5.75 Å². The molecule has 0 aliphatic heterocycles. The van der Waals surface area contributed by atoms with Gasteiger partial charge in [0.05, 0.1) is 6.54 Å². The van der Waals surface area contributed by atoms with Crippen LogP contribution in [0, 0.1) is 0 Å². The molecule has 1 aromatic carbocycles. The van der Waals surface area contributed by atoms with Crippen molar-refractivity contribution in [1.29, 1.82) is 0 Å². The summed E-state index contributed by atoms with van der Waals surface area (Å²) in [6.45, 7) is 4.51. The third kappa shape index (κ3) is 4.21. The zero-order chi connectivity index (χ0) is 15.2. The van der Waals surface area contributed by atoms with Crippen LogP contribution in [0.25, 0.3) is 0 Å². The SMILES string of the molecule is CC(C)c1cccc(NC(N)=NCc2ncccc2O)c1. The van der Waals surface area contributed by atoms with Crippen molar-refractivity contribution in [2.45, 2.75) is 26.3 Å². The Morgan fingerprint density at radius 1 is 1.33 bits per heavy atom. The Kier molecular flexibility index (Phi) is 4.77. The molecule has 2 aromatic rings. The van der Waals surface area contributed by atoms with Crippen LogP contribution in [0.3, 0.4) is 0 Å². The first-order valence-electron chi connectivity index (χ1n) is 6.86. The van der Waals surface area contributed by atoms with E-state index in [2.05, 4.69) is 35.2 Å². The number of pyridine rings is 1. The molecule has 0 aliphatic carbocycles. The van der Waals surface area contributed by atoms with Crippen molar-refractivity contribution < 1.29 is 5.11 Å². The molecule has 0 atom stereocenters. The first-order chi connectivity index (χ1) is 10.1. The highest BCUT2D eigenvalue weighted by Gasteiger charge is 2.03. The topological polar surface area (TPSA) is 83.5 Å². The standard InChI is InChI=1S/C16H20N4O/c1-11(2)12-5-3-6-13(9-12)20-16(17)19-10-14-15(21)7-4-8-18-14/h3-9,11,21H,10H2,1-2H3,(H3,17,19,20). The number of benzene rings is 1. The number of nitrogens with two attached hydrogens (primary N) is 1. The molecular weight excluding hydrogens is 264 g/mol. The van der Waals surface area contributed by atoms with Crippen LogP contribution in [0.1, 0.15) is 31.0 Å². The number of guanidine groups is 1. The van der Waals surface area contributed by atoms with E-state index in [0.29, 0.717) is 17.6 Å². The summed E-state index contributed by atoms with van der Waals surface area (Å²) in [5.74, 6) is 0.868. The normalized spacial score (nSPS) is 11.7. The zero-order valence-corrected chi connectivity index (χ0v) is 12.2. The fourth-order valence-electron chi connectivity index (χ4n) is 1.87. The Hall–Kier alpha value is -2.56. The van der Waals surface area contributed by atoms with Crippen molar-refractivity contribution in [3.8, 4) is 5.75 Å². The number of aromatic nitrogens is 1. The Morgan fingerprint density at radius 2 is 2.14 bits per heavy atom. The van der Waals surface area contributed by atoms with Gasteiger partial charge in [-0.05, 0) is 35.7 Å². The summed E-state index contributed by atoms with van der Waals surface area (Å²) in [6, 6.07) is 11.3. The minimum absolute atomic E-state index is 0.121. The predicted molar refractivity (Wildman–Crippen MR) is 85.4 cm³/mol. The first-order valence-corrected chi connectivity index (χ1v) is 6.86. The molecule has 0 amide bonds. The Labute approximate surface area is 124 Å². The molecule has 1 heterocycles. The third-order valence-corrected chi connectivity index (χ3v) is 3.09. The van der Waals surface area contributed by atoms with Crippen LogP contribution in [0.2, 0.25) is 0 Å². The fraction of sp³-hybridized carbons (Fsp3) is 0.250. The Morgan fingerprint density at radius 3 is 2.86 bits per heavy atom. The van der Waals surface area contributed by atoms with Crippen LogP contribution in [0.4, 0.5) is 5.69 Å². The lowest BCUT2D eigenvalue weighted by Crippen LogP contribution is -2.22. The van der Waals surface area contributed by atoms with Gasteiger partial charge in [0, 0.05) is 11.9 Å². The van der Waals surface area contributed by atoms with E-state index in [-0.39, 0.29) is 12.3 Å². The van der Waals surface area contributed by atoms with E-state index in [1.165, 1.54) is 5.56 Å². The summed E-state index contributed by atoms with van der Waals surface area (Å²) in [7, 11) is 0. The molecule has 21 heavy (non-hydrogen) atoms. The second-order valence-corrected chi connectivity index (χ2v) is 5.08. The molecular formula is C16H20N4O. The highest BCUT2D eigenvalue weighted by Crippen LogP contribution is 2.18. The van der Waals surface area contributed by atoms with Crippen molar-refractivity contribution in [2.24, 2.45) is 10.7 Å². The van der Waals surface area contributed by atoms with E-state index < -0.39 is 0 Å². The maximum Gasteiger partial charge on any atom is 0.193 e. The maximum atomic E-state index is 9.62. The highest BCUT2D eigenvalue weighted by atomic mass is 16.3.